The van der Waals surface area contributed by atoms with Gasteiger partial charge in [0.2, 0.25) is 0 Å². The molecule has 2 aliphatic heterocycles. The first kappa shape index (κ1) is 12.7. The van der Waals surface area contributed by atoms with E-state index in [0.717, 1.165) is 26.2 Å². The van der Waals surface area contributed by atoms with Crippen molar-refractivity contribution in [1.29, 1.82) is 0 Å². The molecule has 88 valence electrons. The lowest BCUT2D eigenvalue weighted by molar-refractivity contribution is 0.0418. The Bertz CT molecular complexity index is 215. The second-order valence-electron chi connectivity index (χ2n) is 4.31. The molecule has 0 radical (unpaired) electrons. The molecule has 0 aromatic carbocycles. The molecule has 2 saturated heterocycles. The number of hydrogen-bond donors (Lipinski definition) is 0. The fourth-order valence-electron chi connectivity index (χ4n) is 2.74. The topological polar surface area (TPSA) is 12.5 Å². The summed E-state index contributed by atoms with van der Waals surface area (Å²) in [7, 11) is 0. The number of hydrogen-bond acceptors (Lipinski definition) is 2. The fourth-order valence-corrected chi connectivity index (χ4v) is 2.74. The van der Waals surface area contributed by atoms with E-state index in [2.05, 4.69) is 18.4 Å². The van der Waals surface area contributed by atoms with Crippen molar-refractivity contribution in [2.75, 3.05) is 26.3 Å². The minimum absolute atomic E-state index is 0.340. The van der Waals surface area contributed by atoms with E-state index in [1.165, 1.54) is 25.0 Å². The lowest BCUT2D eigenvalue weighted by Gasteiger charge is -2.31. The van der Waals surface area contributed by atoms with Gasteiger partial charge in [0, 0.05) is 18.7 Å². The van der Waals surface area contributed by atoms with Crippen LogP contribution in [0.3, 0.4) is 0 Å². The van der Waals surface area contributed by atoms with E-state index in [-0.39, 0.29) is 0 Å². The van der Waals surface area contributed by atoms with E-state index < -0.39 is 0 Å². The molecule has 2 aliphatic rings. The number of nitrogens with zero attached hydrogens (tertiary/aromatic N) is 1. The Hall–Kier alpha value is -0.340. The molecule has 0 saturated carbocycles. The van der Waals surface area contributed by atoms with Gasteiger partial charge in [-0.15, -0.1) is 0 Å². The third-order valence-electron chi connectivity index (χ3n) is 3.31. The van der Waals surface area contributed by atoms with E-state index in [9.17, 15) is 0 Å². The van der Waals surface area contributed by atoms with E-state index in [0.29, 0.717) is 5.54 Å². The van der Waals surface area contributed by atoms with Crippen molar-refractivity contribution in [3.05, 3.63) is 12.2 Å². The third kappa shape index (κ3) is 2.61. The Balaban J connectivity index is 0.000000531. The van der Waals surface area contributed by atoms with Gasteiger partial charge in [0.1, 0.15) is 0 Å². The van der Waals surface area contributed by atoms with Gasteiger partial charge in [0.15, 0.2) is 0 Å². The maximum absolute atomic E-state index is 5.59. The van der Waals surface area contributed by atoms with Crippen molar-refractivity contribution < 1.29 is 4.74 Å². The first-order valence-corrected chi connectivity index (χ1v) is 6.26. The Morgan fingerprint density at radius 3 is 2.87 bits per heavy atom. The number of ether oxygens (including phenoxy) is 1. The summed E-state index contributed by atoms with van der Waals surface area (Å²) in [5.41, 5.74) is 1.73. The highest BCUT2D eigenvalue weighted by atomic mass is 16.5. The van der Waals surface area contributed by atoms with Crippen molar-refractivity contribution >= 4 is 0 Å². The Labute approximate surface area is 94.3 Å². The van der Waals surface area contributed by atoms with Crippen LogP contribution < -0.4 is 0 Å². The van der Waals surface area contributed by atoms with Crippen LogP contribution >= 0.6 is 0 Å². The molecule has 0 spiro atoms. The largest absolute Gasteiger partial charge is 0.380 e. The quantitative estimate of drug-likeness (QED) is 0.666. The molecular formula is C13H25NO. The van der Waals surface area contributed by atoms with Crippen molar-refractivity contribution in [3.8, 4) is 0 Å². The van der Waals surface area contributed by atoms with Crippen LogP contribution in [-0.4, -0.2) is 36.7 Å². The van der Waals surface area contributed by atoms with Crippen molar-refractivity contribution in [3.63, 3.8) is 0 Å². The molecule has 1 unspecified atom stereocenters. The van der Waals surface area contributed by atoms with Crippen LogP contribution in [0.2, 0.25) is 0 Å². The molecular weight excluding hydrogens is 186 g/mol. The standard InChI is InChI=1S/C11H19NO.C2H6/c1-3-13-9-11-5-4-6-12(11)8-10(2)7-11;1-2/h2-9H2,1H3;1-2H3. The van der Waals surface area contributed by atoms with Crippen LogP contribution in [0.25, 0.3) is 0 Å². The summed E-state index contributed by atoms with van der Waals surface area (Å²) >= 11 is 0. The molecule has 2 heterocycles. The molecule has 2 fully saturated rings. The van der Waals surface area contributed by atoms with E-state index in [1.54, 1.807) is 0 Å². The first-order chi connectivity index (χ1) is 7.27. The van der Waals surface area contributed by atoms with Gasteiger partial charge in [-0.3, -0.25) is 4.90 Å². The van der Waals surface area contributed by atoms with Crippen molar-refractivity contribution in [1.82, 2.24) is 4.90 Å². The van der Waals surface area contributed by atoms with Crippen LogP contribution in [0.4, 0.5) is 0 Å². The first-order valence-electron chi connectivity index (χ1n) is 6.26. The highest BCUT2D eigenvalue weighted by Crippen LogP contribution is 2.40. The lowest BCUT2D eigenvalue weighted by Crippen LogP contribution is -2.42. The molecule has 0 aliphatic carbocycles. The summed E-state index contributed by atoms with van der Waals surface area (Å²) in [5, 5.41) is 0. The average Bonchev–Trinajstić information content (AvgIpc) is 2.74. The van der Waals surface area contributed by atoms with Gasteiger partial charge in [-0.25, -0.2) is 0 Å². The SMILES string of the molecule is C=C1CN2CCCC2(COCC)C1.CC. The maximum atomic E-state index is 5.59. The summed E-state index contributed by atoms with van der Waals surface area (Å²) < 4.78 is 5.59. The smallest absolute Gasteiger partial charge is 0.0653 e. The van der Waals surface area contributed by atoms with Gasteiger partial charge in [0.05, 0.1) is 6.61 Å². The Morgan fingerprint density at radius 1 is 1.47 bits per heavy atom. The highest BCUT2D eigenvalue weighted by Gasteiger charge is 2.45. The van der Waals surface area contributed by atoms with Gasteiger partial charge in [-0.2, -0.15) is 0 Å². The number of rotatable bonds is 3. The zero-order valence-corrected chi connectivity index (χ0v) is 10.5. The Kier molecular flexibility index (Phi) is 4.81. The minimum atomic E-state index is 0.340. The summed E-state index contributed by atoms with van der Waals surface area (Å²) in [4.78, 5) is 2.56. The number of fused-ring (bicyclic) bond motifs is 1. The fraction of sp³-hybridized carbons (Fsp3) is 0.846. The van der Waals surface area contributed by atoms with Crippen LogP contribution in [0, 0.1) is 0 Å². The maximum Gasteiger partial charge on any atom is 0.0653 e. The summed E-state index contributed by atoms with van der Waals surface area (Å²) in [6.45, 7) is 14.2. The van der Waals surface area contributed by atoms with Crippen molar-refractivity contribution in [2.45, 2.75) is 45.6 Å². The Morgan fingerprint density at radius 2 is 2.20 bits per heavy atom. The van der Waals surface area contributed by atoms with Crippen molar-refractivity contribution in [2.24, 2.45) is 0 Å². The molecule has 2 heteroatoms. The van der Waals surface area contributed by atoms with Gasteiger partial charge in [0.25, 0.3) is 0 Å². The highest BCUT2D eigenvalue weighted by molar-refractivity contribution is 5.17. The normalized spacial score (nSPS) is 29.9. The monoisotopic (exact) mass is 211 g/mol. The van der Waals surface area contributed by atoms with E-state index >= 15 is 0 Å². The van der Waals surface area contributed by atoms with E-state index in [1.807, 2.05) is 13.8 Å². The summed E-state index contributed by atoms with van der Waals surface area (Å²) in [6.07, 6.45) is 3.79. The second-order valence-corrected chi connectivity index (χ2v) is 4.31. The summed E-state index contributed by atoms with van der Waals surface area (Å²) in [5.74, 6) is 0. The predicted molar refractivity (Wildman–Crippen MR) is 65.1 cm³/mol. The van der Waals surface area contributed by atoms with Gasteiger partial charge in [-0.1, -0.05) is 26.0 Å². The predicted octanol–water partition coefficient (Wildman–Crippen LogP) is 2.84. The third-order valence-corrected chi connectivity index (χ3v) is 3.31. The van der Waals surface area contributed by atoms with E-state index in [4.69, 9.17) is 4.74 Å². The molecule has 1 atom stereocenters. The van der Waals surface area contributed by atoms with Gasteiger partial charge < -0.3 is 4.74 Å². The molecule has 0 bridgehead atoms. The zero-order valence-electron chi connectivity index (χ0n) is 10.5. The lowest BCUT2D eigenvalue weighted by atomic mass is 9.94. The van der Waals surface area contributed by atoms with Crippen LogP contribution in [0.15, 0.2) is 12.2 Å². The molecule has 0 aromatic rings. The molecule has 15 heavy (non-hydrogen) atoms. The van der Waals surface area contributed by atoms with Gasteiger partial charge >= 0.3 is 0 Å². The molecule has 0 N–H and O–H groups in total. The molecule has 2 nitrogen and oxygen atoms in total. The van der Waals surface area contributed by atoms with Crippen LogP contribution in [0.1, 0.15) is 40.0 Å². The zero-order chi connectivity index (χ0) is 11.3. The van der Waals surface area contributed by atoms with Crippen LogP contribution in [-0.2, 0) is 4.74 Å². The molecule has 0 aromatic heterocycles. The second kappa shape index (κ2) is 5.66. The van der Waals surface area contributed by atoms with Gasteiger partial charge in [-0.05, 0) is 32.7 Å². The average molecular weight is 211 g/mol. The minimum Gasteiger partial charge on any atom is -0.380 e. The molecule has 2 rings (SSSR count). The molecule has 0 amide bonds. The summed E-state index contributed by atoms with van der Waals surface area (Å²) in [6, 6.07) is 0. The van der Waals surface area contributed by atoms with Crippen LogP contribution in [0.5, 0.6) is 0 Å².